The molecule has 1 aliphatic rings. The molecule has 5 nitrogen and oxygen atoms in total. The lowest BCUT2D eigenvalue weighted by Crippen LogP contribution is -2.04. The molecule has 1 aliphatic carbocycles. The Balaban J connectivity index is 1.82. The van der Waals surface area contributed by atoms with Crippen molar-refractivity contribution >= 4 is 27.2 Å². The van der Waals surface area contributed by atoms with E-state index in [0.29, 0.717) is 5.92 Å². The lowest BCUT2D eigenvalue weighted by molar-refractivity contribution is 0.602. The molecule has 0 amide bonds. The van der Waals surface area contributed by atoms with Gasteiger partial charge in [-0.05, 0) is 42.9 Å². The van der Waals surface area contributed by atoms with Crippen molar-refractivity contribution < 1.29 is 0 Å². The van der Waals surface area contributed by atoms with E-state index in [1.165, 1.54) is 28.7 Å². The SMILES string of the molecule is CC1CCCc2sc3ncn4nc(-c5ccncc5)nc4c3c21. The van der Waals surface area contributed by atoms with Crippen LogP contribution in [0.3, 0.4) is 0 Å². The van der Waals surface area contributed by atoms with Gasteiger partial charge in [0.2, 0.25) is 0 Å². The molecule has 0 aromatic carbocycles. The molecular weight excluding hydrogens is 306 g/mol. The van der Waals surface area contributed by atoms with Gasteiger partial charge in [-0.25, -0.2) is 14.5 Å². The van der Waals surface area contributed by atoms with Gasteiger partial charge in [0, 0.05) is 22.8 Å². The summed E-state index contributed by atoms with van der Waals surface area (Å²) in [7, 11) is 0. The number of thiophene rings is 1. The van der Waals surface area contributed by atoms with Crippen LogP contribution in [0.5, 0.6) is 0 Å². The standard InChI is InChI=1S/C17H15N5S/c1-10-3-2-4-12-13(10)14-16-20-15(11-5-7-18-8-6-11)21-22(16)9-19-17(14)23-12/h5-10H,2-4H2,1H3. The Morgan fingerprint density at radius 3 is 3.00 bits per heavy atom. The van der Waals surface area contributed by atoms with E-state index in [0.717, 1.165) is 28.3 Å². The zero-order valence-corrected chi connectivity index (χ0v) is 13.5. The normalized spacial score (nSPS) is 17.7. The molecule has 114 valence electrons. The zero-order chi connectivity index (χ0) is 15.4. The maximum absolute atomic E-state index is 4.82. The Kier molecular flexibility index (Phi) is 2.76. The van der Waals surface area contributed by atoms with Gasteiger partial charge < -0.3 is 0 Å². The highest BCUT2D eigenvalue weighted by molar-refractivity contribution is 7.19. The fourth-order valence-corrected chi connectivity index (χ4v) is 4.81. The topological polar surface area (TPSA) is 56.0 Å². The molecule has 4 heterocycles. The summed E-state index contributed by atoms with van der Waals surface area (Å²) in [6.45, 7) is 2.31. The Hall–Kier alpha value is -2.34. The second-order valence-electron chi connectivity index (χ2n) is 6.10. The van der Waals surface area contributed by atoms with Crippen molar-refractivity contribution in [1.29, 1.82) is 0 Å². The molecule has 1 unspecified atom stereocenters. The molecule has 1 atom stereocenters. The molecule has 0 bridgehead atoms. The average molecular weight is 321 g/mol. The van der Waals surface area contributed by atoms with E-state index in [4.69, 9.17) is 4.98 Å². The molecule has 0 aliphatic heterocycles. The summed E-state index contributed by atoms with van der Waals surface area (Å²) in [6.07, 6.45) is 8.99. The minimum Gasteiger partial charge on any atom is -0.265 e. The van der Waals surface area contributed by atoms with Crippen LogP contribution in [0.25, 0.3) is 27.3 Å². The number of pyridine rings is 1. The quantitative estimate of drug-likeness (QED) is 0.534. The van der Waals surface area contributed by atoms with Crippen molar-refractivity contribution in [2.45, 2.75) is 32.1 Å². The summed E-state index contributed by atoms with van der Waals surface area (Å²) < 4.78 is 1.81. The predicted octanol–water partition coefficient (Wildman–Crippen LogP) is 3.84. The summed E-state index contributed by atoms with van der Waals surface area (Å²) in [5, 5.41) is 5.81. The van der Waals surface area contributed by atoms with Crippen molar-refractivity contribution in [3.8, 4) is 11.4 Å². The van der Waals surface area contributed by atoms with E-state index >= 15 is 0 Å². The van der Waals surface area contributed by atoms with Crippen LogP contribution in [0, 0.1) is 0 Å². The predicted molar refractivity (Wildman–Crippen MR) is 90.7 cm³/mol. The lowest BCUT2D eigenvalue weighted by atomic mass is 9.87. The van der Waals surface area contributed by atoms with Crippen molar-refractivity contribution in [3.05, 3.63) is 41.3 Å². The molecule has 23 heavy (non-hydrogen) atoms. The van der Waals surface area contributed by atoms with E-state index in [9.17, 15) is 0 Å². The second-order valence-corrected chi connectivity index (χ2v) is 7.18. The van der Waals surface area contributed by atoms with Crippen molar-refractivity contribution in [2.75, 3.05) is 0 Å². The number of rotatable bonds is 1. The number of hydrogen-bond donors (Lipinski definition) is 0. The van der Waals surface area contributed by atoms with Gasteiger partial charge in [-0.2, -0.15) is 0 Å². The zero-order valence-electron chi connectivity index (χ0n) is 12.7. The van der Waals surface area contributed by atoms with Gasteiger partial charge in [0.05, 0.1) is 5.39 Å². The first-order valence-electron chi connectivity index (χ1n) is 7.88. The van der Waals surface area contributed by atoms with Crippen molar-refractivity contribution in [2.24, 2.45) is 0 Å². The maximum atomic E-state index is 4.82. The maximum Gasteiger partial charge on any atom is 0.182 e. The Labute approximate surface area is 137 Å². The summed E-state index contributed by atoms with van der Waals surface area (Å²) in [6, 6.07) is 3.87. The molecule has 0 saturated carbocycles. The van der Waals surface area contributed by atoms with Gasteiger partial charge in [-0.3, -0.25) is 4.98 Å². The van der Waals surface area contributed by atoms with E-state index in [1.54, 1.807) is 18.7 Å². The molecule has 6 heteroatoms. The van der Waals surface area contributed by atoms with E-state index in [-0.39, 0.29) is 0 Å². The van der Waals surface area contributed by atoms with Crippen LogP contribution in [0.15, 0.2) is 30.9 Å². The van der Waals surface area contributed by atoms with Gasteiger partial charge in [0.15, 0.2) is 11.5 Å². The van der Waals surface area contributed by atoms with Crippen molar-refractivity contribution in [1.82, 2.24) is 24.6 Å². The molecular formula is C17H15N5S. The Morgan fingerprint density at radius 2 is 2.13 bits per heavy atom. The molecule has 0 N–H and O–H groups in total. The molecule has 5 rings (SSSR count). The fraction of sp³-hybridized carbons (Fsp3) is 0.294. The molecule has 4 aromatic heterocycles. The van der Waals surface area contributed by atoms with Gasteiger partial charge in [-0.15, -0.1) is 16.4 Å². The summed E-state index contributed by atoms with van der Waals surface area (Å²) >= 11 is 1.82. The van der Waals surface area contributed by atoms with Crippen LogP contribution in [0.2, 0.25) is 0 Å². The Morgan fingerprint density at radius 1 is 1.26 bits per heavy atom. The van der Waals surface area contributed by atoms with Crippen LogP contribution < -0.4 is 0 Å². The third-order valence-electron chi connectivity index (χ3n) is 4.62. The Bertz CT molecular complexity index is 1020. The van der Waals surface area contributed by atoms with Crippen LogP contribution >= 0.6 is 11.3 Å². The van der Waals surface area contributed by atoms with Gasteiger partial charge >= 0.3 is 0 Å². The third kappa shape index (κ3) is 1.91. The molecule has 0 radical (unpaired) electrons. The minimum atomic E-state index is 0.571. The third-order valence-corrected chi connectivity index (χ3v) is 5.79. The first-order valence-corrected chi connectivity index (χ1v) is 8.70. The highest BCUT2D eigenvalue weighted by Crippen LogP contribution is 2.42. The first kappa shape index (κ1) is 13.1. The number of hydrogen-bond acceptors (Lipinski definition) is 5. The average Bonchev–Trinajstić information content (AvgIpc) is 3.17. The van der Waals surface area contributed by atoms with Gasteiger partial charge in [0.1, 0.15) is 11.2 Å². The lowest BCUT2D eigenvalue weighted by Gasteiger charge is -2.18. The highest BCUT2D eigenvalue weighted by atomic mass is 32.1. The van der Waals surface area contributed by atoms with Gasteiger partial charge in [-0.1, -0.05) is 6.92 Å². The fourth-order valence-electron chi connectivity index (χ4n) is 3.51. The van der Waals surface area contributed by atoms with E-state index < -0.39 is 0 Å². The molecule has 0 spiro atoms. The molecule has 4 aromatic rings. The highest BCUT2D eigenvalue weighted by Gasteiger charge is 2.25. The monoisotopic (exact) mass is 321 g/mol. The second kappa shape index (κ2) is 4.83. The number of aryl methyl sites for hydroxylation is 1. The summed E-state index contributed by atoms with van der Waals surface area (Å²) in [5.41, 5.74) is 3.35. The largest absolute Gasteiger partial charge is 0.265 e. The van der Waals surface area contributed by atoms with Crippen molar-refractivity contribution in [3.63, 3.8) is 0 Å². The number of aromatic nitrogens is 5. The minimum absolute atomic E-state index is 0.571. The number of fused-ring (bicyclic) bond motifs is 5. The van der Waals surface area contributed by atoms with Gasteiger partial charge in [0.25, 0.3) is 0 Å². The summed E-state index contributed by atoms with van der Waals surface area (Å²) in [4.78, 5) is 16.1. The molecule has 0 fully saturated rings. The van der Waals surface area contributed by atoms with E-state index in [2.05, 4.69) is 22.0 Å². The number of nitrogens with zero attached hydrogens (tertiary/aromatic N) is 5. The van der Waals surface area contributed by atoms with Crippen LogP contribution in [-0.4, -0.2) is 24.6 Å². The van der Waals surface area contributed by atoms with Crippen LogP contribution in [0.4, 0.5) is 0 Å². The summed E-state index contributed by atoms with van der Waals surface area (Å²) in [5.74, 6) is 1.30. The van der Waals surface area contributed by atoms with Crippen LogP contribution in [0.1, 0.15) is 36.1 Å². The van der Waals surface area contributed by atoms with Crippen LogP contribution in [-0.2, 0) is 6.42 Å². The first-order chi connectivity index (χ1) is 11.3. The molecule has 0 saturated heterocycles. The van der Waals surface area contributed by atoms with E-state index in [1.807, 2.05) is 28.0 Å². The smallest absolute Gasteiger partial charge is 0.182 e.